The van der Waals surface area contributed by atoms with E-state index in [2.05, 4.69) is 25.9 Å². The van der Waals surface area contributed by atoms with Gasteiger partial charge in [-0.3, -0.25) is 9.59 Å². The Bertz CT molecular complexity index is 1240. The topological polar surface area (TPSA) is 124 Å². The molecule has 1 aromatic carbocycles. The molecule has 170 valence electrons. The monoisotopic (exact) mass is 448 g/mol. The molecule has 0 radical (unpaired) electrons. The molecule has 1 atom stereocenters. The van der Waals surface area contributed by atoms with Crippen molar-refractivity contribution in [2.75, 3.05) is 45.3 Å². The number of piperazine rings is 1. The first-order valence-corrected chi connectivity index (χ1v) is 10.5. The van der Waals surface area contributed by atoms with Crippen LogP contribution < -0.4 is 15.2 Å². The summed E-state index contributed by atoms with van der Waals surface area (Å²) in [5, 5.41) is 9.32. The molecule has 2 aromatic heterocycles. The number of aromatic nitrogens is 3. The summed E-state index contributed by atoms with van der Waals surface area (Å²) in [4.78, 5) is 41.0. The van der Waals surface area contributed by atoms with Gasteiger partial charge in [0.15, 0.2) is 0 Å². The normalized spacial score (nSPS) is 14.7. The van der Waals surface area contributed by atoms with E-state index in [0.29, 0.717) is 48.4 Å². The Labute approximate surface area is 190 Å². The number of benzene rings is 1. The third-order valence-corrected chi connectivity index (χ3v) is 5.72. The predicted molar refractivity (Wildman–Crippen MR) is 121 cm³/mol. The number of H-pyrrole nitrogens is 1. The molecule has 0 aliphatic carbocycles. The maximum Gasteiger partial charge on any atom is 0.258 e. The molecule has 1 saturated heterocycles. The fraction of sp³-hybridized carbons (Fsp3) is 0.348. The van der Waals surface area contributed by atoms with Gasteiger partial charge in [-0.15, -0.1) is 0 Å². The van der Waals surface area contributed by atoms with Crippen molar-refractivity contribution in [3.63, 3.8) is 0 Å². The summed E-state index contributed by atoms with van der Waals surface area (Å²) in [6.07, 6.45) is 0.898. The summed E-state index contributed by atoms with van der Waals surface area (Å²) in [5.41, 5.74) is 0.625. The summed E-state index contributed by atoms with van der Waals surface area (Å²) in [5.74, 6) is 1.46. The number of carbonyl (C=O) groups is 1. The van der Waals surface area contributed by atoms with Gasteiger partial charge in [-0.1, -0.05) is 6.07 Å². The highest BCUT2D eigenvalue weighted by Crippen LogP contribution is 2.24. The molecule has 10 heteroatoms. The van der Waals surface area contributed by atoms with Gasteiger partial charge in [-0.2, -0.15) is 5.26 Å². The highest BCUT2D eigenvalue weighted by Gasteiger charge is 2.26. The Morgan fingerprint density at radius 3 is 2.64 bits per heavy atom. The van der Waals surface area contributed by atoms with Crippen LogP contribution in [0.3, 0.4) is 0 Å². The van der Waals surface area contributed by atoms with Crippen LogP contribution in [0.5, 0.6) is 5.75 Å². The molecule has 1 unspecified atom stereocenters. The molecule has 1 N–H and O–H groups in total. The number of methoxy groups -OCH3 is 2. The van der Waals surface area contributed by atoms with E-state index in [1.807, 2.05) is 6.07 Å². The van der Waals surface area contributed by atoms with Gasteiger partial charge in [0.1, 0.15) is 35.1 Å². The predicted octanol–water partition coefficient (Wildman–Crippen LogP) is 1.62. The fourth-order valence-corrected chi connectivity index (χ4v) is 3.87. The second-order valence-corrected chi connectivity index (χ2v) is 7.62. The molecular weight excluding hydrogens is 424 g/mol. The molecular formula is C23H24N6O4. The quantitative estimate of drug-likeness (QED) is 0.603. The molecule has 1 aliphatic rings. The smallest absolute Gasteiger partial charge is 0.258 e. The number of pyridine rings is 1. The van der Waals surface area contributed by atoms with Crippen molar-refractivity contribution >= 4 is 22.6 Å². The van der Waals surface area contributed by atoms with Crippen molar-refractivity contribution in [1.82, 2.24) is 19.9 Å². The maximum absolute atomic E-state index is 13.0. The second kappa shape index (κ2) is 9.67. The van der Waals surface area contributed by atoms with E-state index in [-0.39, 0.29) is 23.7 Å². The van der Waals surface area contributed by atoms with Crippen LogP contribution in [0.15, 0.2) is 41.3 Å². The third-order valence-electron chi connectivity index (χ3n) is 5.72. The van der Waals surface area contributed by atoms with Crippen LogP contribution in [0.4, 0.5) is 5.82 Å². The molecule has 1 aliphatic heterocycles. The number of nitrogens with zero attached hydrogens (tertiary/aromatic N) is 5. The van der Waals surface area contributed by atoms with Gasteiger partial charge >= 0.3 is 0 Å². The second-order valence-electron chi connectivity index (χ2n) is 7.62. The first-order valence-electron chi connectivity index (χ1n) is 10.5. The number of rotatable bonds is 6. The summed E-state index contributed by atoms with van der Waals surface area (Å²) < 4.78 is 10.8. The van der Waals surface area contributed by atoms with E-state index in [0.717, 1.165) is 5.82 Å². The Balaban J connectivity index is 1.44. The van der Waals surface area contributed by atoms with Crippen LogP contribution in [0, 0.1) is 11.3 Å². The van der Waals surface area contributed by atoms with Crippen molar-refractivity contribution in [3.05, 3.63) is 58.3 Å². The van der Waals surface area contributed by atoms with E-state index in [4.69, 9.17) is 14.7 Å². The van der Waals surface area contributed by atoms with E-state index in [9.17, 15) is 9.59 Å². The number of ether oxygens (including phenoxy) is 2. The largest absolute Gasteiger partial charge is 0.494 e. The van der Waals surface area contributed by atoms with Crippen molar-refractivity contribution in [1.29, 1.82) is 5.26 Å². The summed E-state index contributed by atoms with van der Waals surface area (Å²) in [7, 11) is 3.00. The maximum atomic E-state index is 13.0. The number of nitriles is 1. The molecule has 1 amide bonds. The van der Waals surface area contributed by atoms with Crippen molar-refractivity contribution in [3.8, 4) is 11.8 Å². The average Bonchev–Trinajstić information content (AvgIpc) is 2.87. The SMILES string of the molecule is COc1cccc2c(=O)[nH]c(C(CC(=O)N3CCN(c4ccc(C#N)cn4)CC3)OC)nc12. The Kier molecular flexibility index (Phi) is 6.51. The number of para-hydroxylation sites is 1. The van der Waals surface area contributed by atoms with Crippen molar-refractivity contribution in [2.24, 2.45) is 0 Å². The van der Waals surface area contributed by atoms with Gasteiger partial charge in [0.2, 0.25) is 5.91 Å². The summed E-state index contributed by atoms with van der Waals surface area (Å²) in [6.45, 7) is 2.33. The van der Waals surface area contributed by atoms with Gasteiger partial charge in [0, 0.05) is 39.5 Å². The average molecular weight is 448 g/mol. The van der Waals surface area contributed by atoms with Crippen LogP contribution in [-0.2, 0) is 9.53 Å². The summed E-state index contributed by atoms with van der Waals surface area (Å²) in [6, 6.07) is 10.7. The van der Waals surface area contributed by atoms with Crippen LogP contribution in [-0.4, -0.2) is 66.2 Å². The Morgan fingerprint density at radius 1 is 1.21 bits per heavy atom. The number of carbonyl (C=O) groups excluding carboxylic acids is 1. The fourth-order valence-electron chi connectivity index (χ4n) is 3.87. The van der Waals surface area contributed by atoms with Gasteiger partial charge < -0.3 is 24.3 Å². The Morgan fingerprint density at radius 2 is 2.00 bits per heavy atom. The minimum absolute atomic E-state index is 0.0508. The Hall–Kier alpha value is -3.97. The van der Waals surface area contributed by atoms with E-state index in [1.54, 1.807) is 35.4 Å². The lowest BCUT2D eigenvalue weighted by Gasteiger charge is -2.35. The number of nitrogens with one attached hydrogen (secondary N) is 1. The molecule has 10 nitrogen and oxygen atoms in total. The molecule has 4 rings (SSSR count). The number of fused-ring (bicyclic) bond motifs is 1. The zero-order chi connectivity index (χ0) is 23.4. The highest BCUT2D eigenvalue weighted by molar-refractivity contribution is 5.83. The first-order chi connectivity index (χ1) is 16.0. The van der Waals surface area contributed by atoms with Crippen LogP contribution in [0.2, 0.25) is 0 Å². The standard InChI is InChI=1S/C23H24N6O4/c1-32-17-5-3-4-16-21(17)26-22(27-23(16)31)18(33-2)12-20(30)29-10-8-28(9-11-29)19-7-6-15(13-24)14-25-19/h3-7,14,18H,8-12H2,1-2H3,(H,26,27,31). The van der Waals surface area contributed by atoms with Gasteiger partial charge in [-0.05, 0) is 24.3 Å². The zero-order valence-corrected chi connectivity index (χ0v) is 18.4. The number of anilines is 1. The van der Waals surface area contributed by atoms with Gasteiger partial charge in [0.05, 0.1) is 24.5 Å². The molecule has 1 fully saturated rings. The van der Waals surface area contributed by atoms with Crippen molar-refractivity contribution in [2.45, 2.75) is 12.5 Å². The number of hydrogen-bond acceptors (Lipinski definition) is 8. The third kappa shape index (κ3) is 4.63. The first kappa shape index (κ1) is 22.2. The van der Waals surface area contributed by atoms with E-state index >= 15 is 0 Å². The molecule has 0 saturated carbocycles. The molecule has 33 heavy (non-hydrogen) atoms. The van der Waals surface area contributed by atoms with Crippen LogP contribution >= 0.6 is 0 Å². The number of hydrogen-bond donors (Lipinski definition) is 1. The van der Waals surface area contributed by atoms with Crippen LogP contribution in [0.25, 0.3) is 10.9 Å². The molecule has 0 bridgehead atoms. The van der Waals surface area contributed by atoms with E-state index < -0.39 is 6.10 Å². The van der Waals surface area contributed by atoms with Gasteiger partial charge in [0.25, 0.3) is 5.56 Å². The minimum atomic E-state index is -0.697. The lowest BCUT2D eigenvalue weighted by atomic mass is 10.1. The lowest BCUT2D eigenvalue weighted by molar-refractivity contribution is -0.134. The summed E-state index contributed by atoms with van der Waals surface area (Å²) >= 11 is 0. The number of amides is 1. The number of aromatic amines is 1. The highest BCUT2D eigenvalue weighted by atomic mass is 16.5. The molecule has 3 heterocycles. The van der Waals surface area contributed by atoms with Crippen LogP contribution in [0.1, 0.15) is 23.9 Å². The minimum Gasteiger partial charge on any atom is -0.494 e. The van der Waals surface area contributed by atoms with Crippen molar-refractivity contribution < 1.29 is 14.3 Å². The van der Waals surface area contributed by atoms with Gasteiger partial charge in [-0.25, -0.2) is 9.97 Å². The van der Waals surface area contributed by atoms with E-state index in [1.165, 1.54) is 14.2 Å². The molecule has 3 aromatic rings. The lowest BCUT2D eigenvalue weighted by Crippen LogP contribution is -2.49. The molecule has 0 spiro atoms. The zero-order valence-electron chi connectivity index (χ0n) is 18.4.